The Morgan fingerprint density at radius 3 is 2.90 bits per heavy atom. The van der Waals surface area contributed by atoms with E-state index in [1.807, 2.05) is 18.5 Å². The van der Waals surface area contributed by atoms with Gasteiger partial charge in [0, 0.05) is 30.7 Å². The van der Waals surface area contributed by atoms with Gasteiger partial charge in [0.15, 0.2) is 0 Å². The second-order valence-electron chi connectivity index (χ2n) is 4.74. The molecule has 0 saturated carbocycles. The molecule has 5 heteroatoms. The van der Waals surface area contributed by atoms with Crippen LogP contribution in [0.1, 0.15) is 30.9 Å². The van der Waals surface area contributed by atoms with E-state index in [4.69, 9.17) is 5.73 Å². The summed E-state index contributed by atoms with van der Waals surface area (Å²) in [7, 11) is 0. The molecule has 3 N–H and O–H groups in total. The predicted octanol–water partition coefficient (Wildman–Crippen LogP) is 2.45. The van der Waals surface area contributed by atoms with Crippen molar-refractivity contribution in [1.82, 2.24) is 15.0 Å². The number of nitrogens with one attached hydrogen (secondary N) is 1. The van der Waals surface area contributed by atoms with Crippen molar-refractivity contribution < 1.29 is 0 Å². The first-order chi connectivity index (χ1) is 9.79. The van der Waals surface area contributed by atoms with Crippen LogP contribution in [0.15, 0.2) is 30.7 Å². The number of unbranched alkanes of at least 4 members (excludes halogenated alkanes) is 1. The minimum atomic E-state index is 0.314. The average molecular weight is 271 g/mol. The number of hydrogen-bond donors (Lipinski definition) is 2. The highest BCUT2D eigenvalue weighted by Gasteiger charge is 2.06. The zero-order valence-corrected chi connectivity index (χ0v) is 11.8. The molecule has 0 bridgehead atoms. The lowest BCUT2D eigenvalue weighted by Gasteiger charge is -2.11. The standard InChI is InChI=1S/C15H21N5/c1-2-3-9-18-14-13(11-19-15(16)20-14)7-6-12-5-4-8-17-10-12/h4-5,8,10-11H,2-3,6-7,9H2,1H3,(H3,16,18,19,20). The maximum absolute atomic E-state index is 5.67. The molecule has 0 saturated heterocycles. The molecule has 0 aromatic carbocycles. The molecule has 2 heterocycles. The third kappa shape index (κ3) is 4.19. The van der Waals surface area contributed by atoms with Crippen molar-refractivity contribution in [2.45, 2.75) is 32.6 Å². The van der Waals surface area contributed by atoms with E-state index in [1.54, 1.807) is 6.20 Å². The van der Waals surface area contributed by atoms with Gasteiger partial charge in [0.25, 0.3) is 0 Å². The highest BCUT2D eigenvalue weighted by Crippen LogP contribution is 2.15. The fourth-order valence-corrected chi connectivity index (χ4v) is 1.97. The molecule has 5 nitrogen and oxygen atoms in total. The lowest BCUT2D eigenvalue weighted by molar-refractivity contribution is 0.825. The number of nitrogen functional groups attached to an aromatic ring is 1. The monoisotopic (exact) mass is 271 g/mol. The zero-order chi connectivity index (χ0) is 14.2. The van der Waals surface area contributed by atoms with E-state index in [9.17, 15) is 0 Å². The summed E-state index contributed by atoms with van der Waals surface area (Å²) in [5.41, 5.74) is 7.98. The van der Waals surface area contributed by atoms with Crippen molar-refractivity contribution >= 4 is 11.8 Å². The highest BCUT2D eigenvalue weighted by molar-refractivity contribution is 5.46. The minimum Gasteiger partial charge on any atom is -0.370 e. The molecule has 2 aromatic rings. The number of rotatable bonds is 7. The largest absolute Gasteiger partial charge is 0.370 e. The van der Waals surface area contributed by atoms with Crippen molar-refractivity contribution in [2.75, 3.05) is 17.6 Å². The van der Waals surface area contributed by atoms with E-state index < -0.39 is 0 Å². The van der Waals surface area contributed by atoms with Crippen LogP contribution in [0.4, 0.5) is 11.8 Å². The smallest absolute Gasteiger partial charge is 0.221 e. The third-order valence-electron chi connectivity index (χ3n) is 3.11. The SMILES string of the molecule is CCCCNc1nc(N)ncc1CCc1cccnc1. The number of aromatic nitrogens is 3. The number of anilines is 2. The quantitative estimate of drug-likeness (QED) is 0.756. The van der Waals surface area contributed by atoms with Gasteiger partial charge in [-0.2, -0.15) is 4.98 Å². The highest BCUT2D eigenvalue weighted by atomic mass is 15.1. The Hall–Kier alpha value is -2.17. The number of nitrogens with two attached hydrogens (primary N) is 1. The first-order valence-electron chi connectivity index (χ1n) is 7.03. The predicted molar refractivity (Wildman–Crippen MR) is 81.5 cm³/mol. The van der Waals surface area contributed by atoms with Gasteiger partial charge in [-0.1, -0.05) is 19.4 Å². The van der Waals surface area contributed by atoms with Crippen LogP contribution in [0.3, 0.4) is 0 Å². The van der Waals surface area contributed by atoms with Gasteiger partial charge in [0.1, 0.15) is 5.82 Å². The molecule has 0 unspecified atom stereocenters. The second-order valence-corrected chi connectivity index (χ2v) is 4.74. The molecule has 0 aliphatic rings. The lowest BCUT2D eigenvalue weighted by Crippen LogP contribution is -2.09. The van der Waals surface area contributed by atoms with E-state index in [1.165, 1.54) is 5.56 Å². The summed E-state index contributed by atoms with van der Waals surface area (Å²) >= 11 is 0. The maximum atomic E-state index is 5.67. The van der Waals surface area contributed by atoms with Crippen LogP contribution in [0, 0.1) is 0 Å². The van der Waals surface area contributed by atoms with Crippen LogP contribution in [0.25, 0.3) is 0 Å². The van der Waals surface area contributed by atoms with Crippen molar-refractivity contribution in [3.8, 4) is 0 Å². The van der Waals surface area contributed by atoms with E-state index in [0.29, 0.717) is 5.95 Å². The minimum absolute atomic E-state index is 0.314. The van der Waals surface area contributed by atoms with E-state index in [-0.39, 0.29) is 0 Å². The first kappa shape index (κ1) is 14.2. The van der Waals surface area contributed by atoms with Crippen molar-refractivity contribution in [3.63, 3.8) is 0 Å². The van der Waals surface area contributed by atoms with Crippen LogP contribution in [0.5, 0.6) is 0 Å². The Kier molecular flexibility index (Phi) is 5.29. The average Bonchev–Trinajstić information content (AvgIpc) is 2.48. The number of hydrogen-bond acceptors (Lipinski definition) is 5. The number of aryl methyl sites for hydroxylation is 2. The Morgan fingerprint density at radius 2 is 2.15 bits per heavy atom. The number of nitrogens with zero attached hydrogens (tertiary/aromatic N) is 3. The van der Waals surface area contributed by atoms with Gasteiger partial charge in [-0.15, -0.1) is 0 Å². The maximum Gasteiger partial charge on any atom is 0.221 e. The van der Waals surface area contributed by atoms with E-state index in [0.717, 1.165) is 43.6 Å². The van der Waals surface area contributed by atoms with Gasteiger partial charge >= 0.3 is 0 Å². The lowest BCUT2D eigenvalue weighted by atomic mass is 10.1. The molecule has 2 aromatic heterocycles. The summed E-state index contributed by atoms with van der Waals surface area (Å²) in [4.78, 5) is 12.5. The van der Waals surface area contributed by atoms with Crippen molar-refractivity contribution in [1.29, 1.82) is 0 Å². The Morgan fingerprint density at radius 1 is 1.25 bits per heavy atom. The summed E-state index contributed by atoms with van der Waals surface area (Å²) in [6.07, 6.45) is 9.55. The van der Waals surface area contributed by atoms with Crippen LogP contribution in [0.2, 0.25) is 0 Å². The van der Waals surface area contributed by atoms with Crippen LogP contribution in [-0.2, 0) is 12.8 Å². The molecule has 0 aliphatic heterocycles. The first-order valence-corrected chi connectivity index (χ1v) is 7.03. The molecule has 0 spiro atoms. The van der Waals surface area contributed by atoms with Gasteiger partial charge in [-0.05, 0) is 30.9 Å². The van der Waals surface area contributed by atoms with Crippen LogP contribution >= 0.6 is 0 Å². The zero-order valence-electron chi connectivity index (χ0n) is 11.8. The molecule has 2 rings (SSSR count). The molecule has 0 atom stereocenters. The van der Waals surface area contributed by atoms with Gasteiger partial charge in [-0.3, -0.25) is 4.98 Å². The van der Waals surface area contributed by atoms with Crippen LogP contribution in [-0.4, -0.2) is 21.5 Å². The third-order valence-corrected chi connectivity index (χ3v) is 3.11. The molecule has 20 heavy (non-hydrogen) atoms. The van der Waals surface area contributed by atoms with E-state index >= 15 is 0 Å². The van der Waals surface area contributed by atoms with E-state index in [2.05, 4.69) is 33.3 Å². The summed E-state index contributed by atoms with van der Waals surface area (Å²) in [6.45, 7) is 3.08. The Balaban J connectivity index is 2.02. The fourth-order valence-electron chi connectivity index (χ4n) is 1.97. The summed E-state index contributed by atoms with van der Waals surface area (Å²) in [5, 5.41) is 3.34. The molecule has 106 valence electrons. The van der Waals surface area contributed by atoms with Gasteiger partial charge < -0.3 is 11.1 Å². The van der Waals surface area contributed by atoms with Crippen molar-refractivity contribution in [2.24, 2.45) is 0 Å². The second kappa shape index (κ2) is 7.43. The van der Waals surface area contributed by atoms with Crippen LogP contribution < -0.4 is 11.1 Å². The van der Waals surface area contributed by atoms with Gasteiger partial charge in [0.05, 0.1) is 0 Å². The normalized spacial score (nSPS) is 10.4. The van der Waals surface area contributed by atoms with Gasteiger partial charge in [-0.25, -0.2) is 4.98 Å². The molecular weight excluding hydrogens is 250 g/mol. The summed E-state index contributed by atoms with van der Waals surface area (Å²) < 4.78 is 0. The molecular formula is C15H21N5. The fraction of sp³-hybridized carbons (Fsp3) is 0.400. The molecule has 0 amide bonds. The van der Waals surface area contributed by atoms with Crippen molar-refractivity contribution in [3.05, 3.63) is 41.9 Å². The molecule has 0 aliphatic carbocycles. The topological polar surface area (TPSA) is 76.7 Å². The number of pyridine rings is 1. The van der Waals surface area contributed by atoms with Gasteiger partial charge in [0.2, 0.25) is 5.95 Å². The molecule has 0 fully saturated rings. The Labute approximate surface area is 119 Å². The summed E-state index contributed by atoms with van der Waals surface area (Å²) in [5.74, 6) is 1.17. The molecule has 0 radical (unpaired) electrons. The summed E-state index contributed by atoms with van der Waals surface area (Å²) in [6, 6.07) is 4.03. The Bertz CT molecular complexity index is 527.